The van der Waals surface area contributed by atoms with Gasteiger partial charge in [-0.05, 0) is 52.5 Å². The first kappa shape index (κ1) is 15.7. The van der Waals surface area contributed by atoms with Crippen molar-refractivity contribution in [2.45, 2.75) is 39.2 Å². The van der Waals surface area contributed by atoms with Crippen molar-refractivity contribution in [1.29, 1.82) is 0 Å². The average molecular weight is 352 g/mol. The topological polar surface area (TPSA) is 12.0 Å². The number of benzene rings is 1. The predicted octanol–water partition coefficient (Wildman–Crippen LogP) is 5.36. The Labute approximate surface area is 134 Å². The number of rotatable bonds is 7. The van der Waals surface area contributed by atoms with Crippen LogP contribution in [0.3, 0.4) is 0 Å². The van der Waals surface area contributed by atoms with Gasteiger partial charge >= 0.3 is 0 Å². The van der Waals surface area contributed by atoms with Gasteiger partial charge in [-0.3, -0.25) is 0 Å². The summed E-state index contributed by atoms with van der Waals surface area (Å²) in [5.41, 5.74) is 2.91. The molecule has 0 aliphatic heterocycles. The third kappa shape index (κ3) is 4.18. The highest BCUT2D eigenvalue weighted by Crippen LogP contribution is 2.27. The van der Waals surface area contributed by atoms with Crippen LogP contribution >= 0.6 is 27.3 Å². The zero-order valence-corrected chi connectivity index (χ0v) is 14.6. The van der Waals surface area contributed by atoms with E-state index in [-0.39, 0.29) is 0 Å². The van der Waals surface area contributed by atoms with Gasteiger partial charge < -0.3 is 5.32 Å². The standard InChI is InChI=1S/C17H22BrNS/c1-3-9-19-17(11-15-10-14(18)12-20-15)16-8-6-5-7-13(16)4-2/h5-8,10,12,17,19H,3-4,9,11H2,1-2H3. The smallest absolute Gasteiger partial charge is 0.0371 e. The van der Waals surface area contributed by atoms with Crippen molar-refractivity contribution in [2.75, 3.05) is 6.54 Å². The van der Waals surface area contributed by atoms with Crippen LogP contribution in [0, 0.1) is 0 Å². The lowest BCUT2D eigenvalue weighted by atomic mass is 9.96. The minimum absolute atomic E-state index is 0.414. The lowest BCUT2D eigenvalue weighted by Gasteiger charge is -2.21. The molecule has 1 unspecified atom stereocenters. The summed E-state index contributed by atoms with van der Waals surface area (Å²) in [5.74, 6) is 0. The highest BCUT2D eigenvalue weighted by molar-refractivity contribution is 9.10. The molecule has 1 aromatic carbocycles. The van der Waals surface area contributed by atoms with E-state index in [4.69, 9.17) is 0 Å². The Balaban J connectivity index is 2.22. The van der Waals surface area contributed by atoms with Gasteiger partial charge in [0.25, 0.3) is 0 Å². The second kappa shape index (κ2) is 7.96. The van der Waals surface area contributed by atoms with Crippen molar-refractivity contribution in [2.24, 2.45) is 0 Å². The maximum Gasteiger partial charge on any atom is 0.0371 e. The molecule has 0 spiro atoms. The van der Waals surface area contributed by atoms with Gasteiger partial charge in [-0.25, -0.2) is 0 Å². The van der Waals surface area contributed by atoms with Gasteiger partial charge in [-0.2, -0.15) is 0 Å². The molecule has 108 valence electrons. The van der Waals surface area contributed by atoms with Crippen molar-refractivity contribution in [3.8, 4) is 0 Å². The number of halogens is 1. The molecule has 0 radical (unpaired) electrons. The van der Waals surface area contributed by atoms with E-state index in [1.165, 1.54) is 26.9 Å². The molecular formula is C17H22BrNS. The Morgan fingerprint density at radius 2 is 2.05 bits per heavy atom. The van der Waals surface area contributed by atoms with E-state index in [2.05, 4.69) is 70.8 Å². The van der Waals surface area contributed by atoms with Crippen molar-refractivity contribution < 1.29 is 0 Å². The molecule has 0 bridgehead atoms. The zero-order valence-electron chi connectivity index (χ0n) is 12.2. The molecule has 0 fully saturated rings. The van der Waals surface area contributed by atoms with Crippen LogP contribution in [0.1, 0.15) is 42.3 Å². The normalized spacial score (nSPS) is 12.6. The fourth-order valence-corrected chi connectivity index (χ4v) is 3.97. The van der Waals surface area contributed by atoms with Crippen molar-refractivity contribution in [1.82, 2.24) is 5.32 Å². The second-order valence-corrected chi connectivity index (χ2v) is 6.91. The number of nitrogens with one attached hydrogen (secondary N) is 1. The first-order valence-corrected chi connectivity index (χ1v) is 8.96. The molecular weight excluding hydrogens is 330 g/mol. The molecule has 2 rings (SSSR count). The van der Waals surface area contributed by atoms with Crippen LogP contribution in [0.15, 0.2) is 40.2 Å². The Bertz CT molecular complexity index is 535. The summed E-state index contributed by atoms with van der Waals surface area (Å²) in [5, 5.41) is 5.87. The van der Waals surface area contributed by atoms with Crippen molar-refractivity contribution in [3.05, 3.63) is 56.2 Å². The first-order chi connectivity index (χ1) is 9.74. The maximum absolute atomic E-state index is 3.71. The van der Waals surface area contributed by atoms with E-state index in [1.54, 1.807) is 0 Å². The average Bonchev–Trinajstić information content (AvgIpc) is 2.88. The molecule has 0 saturated carbocycles. The van der Waals surface area contributed by atoms with E-state index in [1.807, 2.05) is 11.3 Å². The highest BCUT2D eigenvalue weighted by Gasteiger charge is 2.15. The first-order valence-electron chi connectivity index (χ1n) is 7.28. The quantitative estimate of drug-likeness (QED) is 0.708. The number of hydrogen-bond acceptors (Lipinski definition) is 2. The number of thiophene rings is 1. The molecule has 0 saturated heterocycles. The van der Waals surface area contributed by atoms with E-state index in [0.717, 1.165) is 19.4 Å². The van der Waals surface area contributed by atoms with Gasteiger partial charge in [0.1, 0.15) is 0 Å². The molecule has 1 aromatic heterocycles. The van der Waals surface area contributed by atoms with Gasteiger partial charge in [0, 0.05) is 27.2 Å². The molecule has 20 heavy (non-hydrogen) atoms. The lowest BCUT2D eigenvalue weighted by Crippen LogP contribution is -2.24. The Morgan fingerprint density at radius 1 is 1.25 bits per heavy atom. The van der Waals surface area contributed by atoms with Crippen LogP contribution in [0.2, 0.25) is 0 Å². The summed E-state index contributed by atoms with van der Waals surface area (Å²) < 4.78 is 1.19. The van der Waals surface area contributed by atoms with Crippen molar-refractivity contribution in [3.63, 3.8) is 0 Å². The Morgan fingerprint density at radius 3 is 2.70 bits per heavy atom. The van der Waals surface area contributed by atoms with E-state index >= 15 is 0 Å². The second-order valence-electron chi connectivity index (χ2n) is 4.99. The molecule has 0 amide bonds. The molecule has 1 N–H and O–H groups in total. The summed E-state index contributed by atoms with van der Waals surface area (Å²) in [6, 6.07) is 11.5. The maximum atomic E-state index is 3.71. The van der Waals surface area contributed by atoms with Crippen LogP contribution in [0.25, 0.3) is 0 Å². The zero-order chi connectivity index (χ0) is 14.4. The van der Waals surface area contributed by atoms with Crippen LogP contribution in [0.5, 0.6) is 0 Å². The fraction of sp³-hybridized carbons (Fsp3) is 0.412. The minimum atomic E-state index is 0.414. The third-order valence-electron chi connectivity index (χ3n) is 3.48. The Kier molecular flexibility index (Phi) is 6.27. The molecule has 1 atom stereocenters. The lowest BCUT2D eigenvalue weighted by molar-refractivity contribution is 0.529. The predicted molar refractivity (Wildman–Crippen MR) is 92.6 cm³/mol. The monoisotopic (exact) mass is 351 g/mol. The van der Waals surface area contributed by atoms with Crippen LogP contribution in [0.4, 0.5) is 0 Å². The summed E-state index contributed by atoms with van der Waals surface area (Å²) in [6.07, 6.45) is 3.32. The largest absolute Gasteiger partial charge is 0.310 e. The summed E-state index contributed by atoms with van der Waals surface area (Å²) in [4.78, 5) is 1.43. The molecule has 1 heterocycles. The summed E-state index contributed by atoms with van der Waals surface area (Å²) in [6.45, 7) is 5.52. The SMILES string of the molecule is CCCNC(Cc1cc(Br)cs1)c1ccccc1CC. The van der Waals surface area contributed by atoms with Gasteiger partial charge in [-0.15, -0.1) is 11.3 Å². The van der Waals surface area contributed by atoms with E-state index < -0.39 is 0 Å². The number of hydrogen-bond donors (Lipinski definition) is 1. The van der Waals surface area contributed by atoms with Crippen LogP contribution in [-0.2, 0) is 12.8 Å². The summed E-state index contributed by atoms with van der Waals surface area (Å²) >= 11 is 5.38. The molecule has 0 aliphatic carbocycles. The molecule has 2 aromatic rings. The Hall–Kier alpha value is -0.640. The van der Waals surface area contributed by atoms with Gasteiger partial charge in [0.15, 0.2) is 0 Å². The van der Waals surface area contributed by atoms with Crippen LogP contribution < -0.4 is 5.32 Å². The van der Waals surface area contributed by atoms with Crippen molar-refractivity contribution >= 4 is 27.3 Å². The third-order valence-corrected chi connectivity index (χ3v) is 5.20. The molecule has 0 aliphatic rings. The van der Waals surface area contributed by atoms with Gasteiger partial charge in [0.2, 0.25) is 0 Å². The summed E-state index contributed by atoms with van der Waals surface area (Å²) in [7, 11) is 0. The van der Waals surface area contributed by atoms with E-state index in [9.17, 15) is 0 Å². The van der Waals surface area contributed by atoms with E-state index in [0.29, 0.717) is 6.04 Å². The molecule has 3 heteroatoms. The molecule has 1 nitrogen and oxygen atoms in total. The minimum Gasteiger partial charge on any atom is -0.310 e. The van der Waals surface area contributed by atoms with Gasteiger partial charge in [-0.1, -0.05) is 38.1 Å². The van der Waals surface area contributed by atoms with Crippen LogP contribution in [-0.4, -0.2) is 6.54 Å². The number of aryl methyl sites for hydroxylation is 1. The highest BCUT2D eigenvalue weighted by atomic mass is 79.9. The fourth-order valence-electron chi connectivity index (χ4n) is 2.47. The van der Waals surface area contributed by atoms with Gasteiger partial charge in [0.05, 0.1) is 0 Å².